The smallest absolute Gasteiger partial charge is 0.335 e. The molecule has 0 aliphatic carbocycles. The largest absolute Gasteiger partial charge is 0.478 e. The summed E-state index contributed by atoms with van der Waals surface area (Å²) in [4.78, 5) is 25.5. The topological polar surface area (TPSA) is 69.6 Å². The molecule has 0 saturated carbocycles. The summed E-state index contributed by atoms with van der Waals surface area (Å²) in [5, 5.41) is 11.9. The van der Waals surface area contributed by atoms with Crippen molar-refractivity contribution in [2.75, 3.05) is 24.5 Å². The number of amides is 1. The lowest BCUT2D eigenvalue weighted by atomic mass is 10.0. The number of nitrogens with zero attached hydrogens (tertiary/aromatic N) is 1. The molecule has 1 amide bonds. The van der Waals surface area contributed by atoms with Crippen molar-refractivity contribution in [1.29, 1.82) is 0 Å². The Bertz CT molecular complexity index is 780. The van der Waals surface area contributed by atoms with Gasteiger partial charge in [0, 0.05) is 25.3 Å². The predicted molar refractivity (Wildman–Crippen MR) is 106 cm³/mol. The van der Waals surface area contributed by atoms with E-state index in [1.54, 1.807) is 12.1 Å². The van der Waals surface area contributed by atoms with Crippen LogP contribution in [-0.2, 0) is 17.6 Å². The fraction of sp³-hybridized carbons (Fsp3) is 0.364. The van der Waals surface area contributed by atoms with Crippen LogP contribution in [0.2, 0.25) is 0 Å². The van der Waals surface area contributed by atoms with Crippen molar-refractivity contribution in [3.05, 3.63) is 65.2 Å². The molecule has 27 heavy (non-hydrogen) atoms. The van der Waals surface area contributed by atoms with Crippen LogP contribution in [0.3, 0.4) is 0 Å². The summed E-state index contributed by atoms with van der Waals surface area (Å²) in [5.74, 6) is -1.01. The van der Waals surface area contributed by atoms with Gasteiger partial charge >= 0.3 is 5.97 Å². The van der Waals surface area contributed by atoms with Crippen LogP contribution >= 0.6 is 0 Å². The van der Waals surface area contributed by atoms with E-state index in [-0.39, 0.29) is 17.9 Å². The molecular formula is C22H26N2O3. The third-order valence-electron chi connectivity index (χ3n) is 4.97. The molecule has 1 aliphatic heterocycles. The molecule has 0 radical (unpaired) electrons. The van der Waals surface area contributed by atoms with E-state index in [1.807, 2.05) is 0 Å². The Morgan fingerprint density at radius 1 is 0.963 bits per heavy atom. The molecule has 1 saturated heterocycles. The SMILES string of the molecule is O=C(Cc1ccc(C(=O)O)cc1)NCCc1ccccc1N1CCCCC1. The van der Waals surface area contributed by atoms with Gasteiger partial charge in [-0.3, -0.25) is 4.79 Å². The Morgan fingerprint density at radius 3 is 2.37 bits per heavy atom. The minimum atomic E-state index is -0.960. The second-order valence-corrected chi connectivity index (χ2v) is 6.96. The lowest BCUT2D eigenvalue weighted by molar-refractivity contribution is -0.120. The number of carboxylic acid groups (broad SMARTS) is 1. The first-order chi connectivity index (χ1) is 13.1. The first kappa shape index (κ1) is 19.0. The molecule has 0 atom stereocenters. The van der Waals surface area contributed by atoms with Crippen LogP contribution in [0.4, 0.5) is 5.69 Å². The van der Waals surface area contributed by atoms with Crippen molar-refractivity contribution < 1.29 is 14.7 Å². The second-order valence-electron chi connectivity index (χ2n) is 6.96. The standard InChI is InChI=1S/C22H26N2O3/c25-21(16-17-8-10-19(11-9-17)22(26)27)23-13-12-18-6-2-3-7-20(18)24-14-4-1-5-15-24/h2-3,6-11H,1,4-5,12-16H2,(H,23,25)(H,26,27). The molecule has 5 nitrogen and oxygen atoms in total. The first-order valence-electron chi connectivity index (χ1n) is 9.55. The van der Waals surface area contributed by atoms with E-state index in [1.165, 1.54) is 42.6 Å². The number of para-hydroxylation sites is 1. The molecule has 142 valence electrons. The summed E-state index contributed by atoms with van der Waals surface area (Å²) < 4.78 is 0. The average Bonchev–Trinajstić information content (AvgIpc) is 2.69. The molecule has 1 fully saturated rings. The number of aromatic carboxylic acids is 1. The van der Waals surface area contributed by atoms with E-state index >= 15 is 0 Å². The van der Waals surface area contributed by atoms with Crippen LogP contribution in [0.1, 0.15) is 40.7 Å². The zero-order valence-electron chi connectivity index (χ0n) is 15.5. The molecule has 1 heterocycles. The van der Waals surface area contributed by atoms with Crippen LogP contribution in [0.15, 0.2) is 48.5 Å². The minimum absolute atomic E-state index is 0.0477. The van der Waals surface area contributed by atoms with Gasteiger partial charge in [0.2, 0.25) is 5.91 Å². The summed E-state index contributed by atoms with van der Waals surface area (Å²) in [7, 11) is 0. The van der Waals surface area contributed by atoms with Gasteiger partial charge in [-0.25, -0.2) is 4.79 Å². The van der Waals surface area contributed by atoms with Gasteiger partial charge in [-0.1, -0.05) is 30.3 Å². The summed E-state index contributed by atoms with van der Waals surface area (Å²) in [6, 6.07) is 14.9. The molecule has 5 heteroatoms. The van der Waals surface area contributed by atoms with Crippen molar-refractivity contribution in [2.24, 2.45) is 0 Å². The monoisotopic (exact) mass is 366 g/mol. The summed E-state index contributed by atoms with van der Waals surface area (Å²) in [6.07, 6.45) is 4.85. The maximum absolute atomic E-state index is 12.2. The first-order valence-corrected chi connectivity index (χ1v) is 9.55. The van der Waals surface area contributed by atoms with Crippen LogP contribution in [0.5, 0.6) is 0 Å². The third-order valence-corrected chi connectivity index (χ3v) is 4.97. The van der Waals surface area contributed by atoms with Gasteiger partial charge in [0.25, 0.3) is 0 Å². The molecular weight excluding hydrogens is 340 g/mol. The predicted octanol–water partition coefficient (Wildman–Crippen LogP) is 3.28. The van der Waals surface area contributed by atoms with Crippen LogP contribution in [-0.4, -0.2) is 36.6 Å². The van der Waals surface area contributed by atoms with Gasteiger partial charge in [-0.05, 0) is 55.0 Å². The molecule has 2 aromatic rings. The Labute approximate surface area is 160 Å². The molecule has 3 rings (SSSR count). The van der Waals surface area contributed by atoms with Gasteiger partial charge < -0.3 is 15.3 Å². The zero-order valence-corrected chi connectivity index (χ0v) is 15.5. The molecule has 1 aliphatic rings. The number of hydrogen-bond donors (Lipinski definition) is 2. The van der Waals surface area contributed by atoms with E-state index in [9.17, 15) is 9.59 Å². The second kappa shape index (κ2) is 9.21. The Balaban J connectivity index is 1.50. The molecule has 2 N–H and O–H groups in total. The molecule has 0 aromatic heterocycles. The fourth-order valence-electron chi connectivity index (χ4n) is 3.52. The van der Waals surface area contributed by atoms with Crippen molar-refractivity contribution >= 4 is 17.6 Å². The number of nitrogens with one attached hydrogen (secondary N) is 1. The maximum atomic E-state index is 12.2. The number of benzene rings is 2. The highest BCUT2D eigenvalue weighted by Crippen LogP contribution is 2.24. The van der Waals surface area contributed by atoms with Crippen molar-refractivity contribution in [2.45, 2.75) is 32.1 Å². The summed E-state index contributed by atoms with van der Waals surface area (Å²) in [6.45, 7) is 2.81. The number of hydrogen-bond acceptors (Lipinski definition) is 3. The van der Waals surface area contributed by atoms with E-state index in [4.69, 9.17) is 5.11 Å². The molecule has 0 bridgehead atoms. The third kappa shape index (κ3) is 5.33. The lowest BCUT2D eigenvalue weighted by Gasteiger charge is -2.30. The van der Waals surface area contributed by atoms with Gasteiger partial charge in [-0.2, -0.15) is 0 Å². The van der Waals surface area contributed by atoms with E-state index < -0.39 is 5.97 Å². The lowest BCUT2D eigenvalue weighted by Crippen LogP contribution is -2.31. The average molecular weight is 366 g/mol. The number of carbonyl (C=O) groups excluding carboxylic acids is 1. The Hall–Kier alpha value is -2.82. The van der Waals surface area contributed by atoms with Crippen molar-refractivity contribution in [3.63, 3.8) is 0 Å². The number of anilines is 1. The highest BCUT2D eigenvalue weighted by molar-refractivity contribution is 5.87. The van der Waals surface area contributed by atoms with Gasteiger partial charge in [-0.15, -0.1) is 0 Å². The Kier molecular flexibility index (Phi) is 6.47. The summed E-state index contributed by atoms with van der Waals surface area (Å²) in [5.41, 5.74) is 3.60. The van der Waals surface area contributed by atoms with Crippen LogP contribution in [0, 0.1) is 0 Å². The normalized spacial score (nSPS) is 14.0. The number of carboxylic acids is 1. The molecule has 2 aromatic carbocycles. The highest BCUT2D eigenvalue weighted by Gasteiger charge is 2.14. The quantitative estimate of drug-likeness (QED) is 0.789. The van der Waals surface area contributed by atoms with Crippen LogP contribution < -0.4 is 10.2 Å². The summed E-state index contributed by atoms with van der Waals surface area (Å²) >= 11 is 0. The van der Waals surface area contributed by atoms with Gasteiger partial charge in [0.1, 0.15) is 0 Å². The van der Waals surface area contributed by atoms with Gasteiger partial charge in [0.15, 0.2) is 0 Å². The minimum Gasteiger partial charge on any atom is -0.478 e. The van der Waals surface area contributed by atoms with E-state index in [2.05, 4.69) is 34.5 Å². The molecule has 0 unspecified atom stereocenters. The maximum Gasteiger partial charge on any atom is 0.335 e. The Morgan fingerprint density at radius 2 is 1.67 bits per heavy atom. The number of rotatable bonds is 7. The van der Waals surface area contributed by atoms with Crippen molar-refractivity contribution in [3.8, 4) is 0 Å². The van der Waals surface area contributed by atoms with Crippen LogP contribution in [0.25, 0.3) is 0 Å². The molecule has 0 spiro atoms. The number of piperidine rings is 1. The zero-order chi connectivity index (χ0) is 19.1. The van der Waals surface area contributed by atoms with E-state index in [0.717, 1.165) is 25.1 Å². The highest BCUT2D eigenvalue weighted by atomic mass is 16.4. The fourth-order valence-corrected chi connectivity index (χ4v) is 3.52. The van der Waals surface area contributed by atoms with E-state index in [0.29, 0.717) is 6.54 Å². The van der Waals surface area contributed by atoms with Crippen molar-refractivity contribution in [1.82, 2.24) is 5.32 Å². The van der Waals surface area contributed by atoms with Gasteiger partial charge in [0.05, 0.1) is 12.0 Å². The number of carbonyl (C=O) groups is 2.